The summed E-state index contributed by atoms with van der Waals surface area (Å²) in [6.07, 6.45) is 3.34. The number of anilines is 2. The van der Waals surface area contributed by atoms with Gasteiger partial charge in [-0.2, -0.15) is 0 Å². The molecule has 1 aromatic heterocycles. The molecular weight excluding hydrogens is 250 g/mol. The number of pyridine rings is 1. The van der Waals surface area contributed by atoms with E-state index in [1.165, 1.54) is 6.42 Å². The molecule has 1 aliphatic carbocycles. The highest BCUT2D eigenvalue weighted by molar-refractivity contribution is 5.47. The molecule has 0 spiro atoms. The zero-order valence-corrected chi connectivity index (χ0v) is 11.6. The van der Waals surface area contributed by atoms with Gasteiger partial charge in [0, 0.05) is 25.2 Å². The van der Waals surface area contributed by atoms with Crippen molar-refractivity contribution in [3.8, 4) is 0 Å². The van der Waals surface area contributed by atoms with Crippen molar-refractivity contribution in [2.75, 3.05) is 38.3 Å². The summed E-state index contributed by atoms with van der Waals surface area (Å²) < 4.78 is 27.0. The number of nitrogens with zero attached hydrogens (tertiary/aromatic N) is 2. The lowest BCUT2D eigenvalue weighted by Crippen LogP contribution is -2.54. The maximum Gasteiger partial charge on any atom is 0.168 e. The van der Waals surface area contributed by atoms with Crippen LogP contribution >= 0.6 is 0 Å². The third-order valence-corrected chi connectivity index (χ3v) is 3.98. The van der Waals surface area contributed by atoms with E-state index in [1.807, 2.05) is 14.1 Å². The van der Waals surface area contributed by atoms with E-state index >= 15 is 0 Å². The van der Waals surface area contributed by atoms with E-state index in [9.17, 15) is 8.78 Å². The van der Waals surface area contributed by atoms with Gasteiger partial charge in [-0.15, -0.1) is 0 Å². The summed E-state index contributed by atoms with van der Waals surface area (Å²) in [5, 5.41) is 5.61. The first-order valence-electron chi connectivity index (χ1n) is 6.43. The molecule has 2 N–H and O–H groups in total. The lowest BCUT2D eigenvalue weighted by atomic mass is 9.75. The zero-order chi connectivity index (χ0) is 14.0. The molecule has 6 heteroatoms. The molecule has 1 aliphatic rings. The van der Waals surface area contributed by atoms with Crippen LogP contribution in [0.1, 0.15) is 19.3 Å². The molecule has 19 heavy (non-hydrogen) atoms. The van der Waals surface area contributed by atoms with E-state index in [4.69, 9.17) is 0 Å². The van der Waals surface area contributed by atoms with Gasteiger partial charge in [-0.25, -0.2) is 13.8 Å². The van der Waals surface area contributed by atoms with Gasteiger partial charge in [-0.1, -0.05) is 0 Å². The van der Waals surface area contributed by atoms with E-state index in [-0.39, 0.29) is 17.2 Å². The fourth-order valence-corrected chi connectivity index (χ4v) is 2.38. The van der Waals surface area contributed by atoms with E-state index in [0.717, 1.165) is 18.9 Å². The van der Waals surface area contributed by atoms with Crippen LogP contribution in [-0.2, 0) is 0 Å². The lowest BCUT2D eigenvalue weighted by Gasteiger charge is -2.47. The predicted molar refractivity (Wildman–Crippen MR) is 72.5 cm³/mol. The Bertz CT molecular complexity index is 458. The Morgan fingerprint density at radius 1 is 1.26 bits per heavy atom. The smallest absolute Gasteiger partial charge is 0.168 e. The highest BCUT2D eigenvalue weighted by Gasteiger charge is 2.39. The number of halogens is 2. The van der Waals surface area contributed by atoms with Crippen molar-refractivity contribution in [1.82, 2.24) is 9.88 Å². The standard InChI is InChI=1S/C13H20F2N4/c1-16-11-9(14)7-10(15)12(18-11)17-8-13(19(2)3)5-4-6-13/h7H,4-6,8H2,1-3H3,(H2,16,17,18). The second-order valence-corrected chi connectivity index (χ2v) is 5.23. The highest BCUT2D eigenvalue weighted by Crippen LogP contribution is 2.36. The minimum absolute atomic E-state index is 0.0522. The zero-order valence-electron chi connectivity index (χ0n) is 11.6. The fraction of sp³-hybridized carbons (Fsp3) is 0.615. The van der Waals surface area contributed by atoms with Crippen molar-refractivity contribution in [3.63, 3.8) is 0 Å². The molecule has 0 atom stereocenters. The molecule has 1 aromatic rings. The maximum atomic E-state index is 13.7. The Morgan fingerprint density at radius 2 is 1.89 bits per heavy atom. The van der Waals surface area contributed by atoms with E-state index in [0.29, 0.717) is 6.54 Å². The molecule has 0 unspecified atom stereocenters. The van der Waals surface area contributed by atoms with Gasteiger partial charge in [0.25, 0.3) is 0 Å². The van der Waals surface area contributed by atoms with Gasteiger partial charge in [0.15, 0.2) is 23.3 Å². The van der Waals surface area contributed by atoms with Crippen LogP contribution in [0, 0.1) is 11.6 Å². The molecular formula is C13H20F2N4. The van der Waals surface area contributed by atoms with E-state index in [1.54, 1.807) is 7.05 Å². The van der Waals surface area contributed by atoms with Gasteiger partial charge in [-0.3, -0.25) is 0 Å². The van der Waals surface area contributed by atoms with Crippen LogP contribution in [0.25, 0.3) is 0 Å². The van der Waals surface area contributed by atoms with Gasteiger partial charge in [0.2, 0.25) is 0 Å². The normalized spacial score (nSPS) is 17.2. The fourth-order valence-electron chi connectivity index (χ4n) is 2.38. The first kappa shape index (κ1) is 14.0. The Balaban J connectivity index is 2.11. The van der Waals surface area contributed by atoms with Gasteiger partial charge >= 0.3 is 0 Å². The second-order valence-electron chi connectivity index (χ2n) is 5.23. The third-order valence-electron chi connectivity index (χ3n) is 3.98. The minimum atomic E-state index is -0.684. The third kappa shape index (κ3) is 2.63. The molecule has 0 aliphatic heterocycles. The number of hydrogen-bond donors (Lipinski definition) is 2. The summed E-state index contributed by atoms with van der Waals surface area (Å²) in [4.78, 5) is 6.08. The van der Waals surface area contributed by atoms with E-state index in [2.05, 4.69) is 20.5 Å². The molecule has 1 fully saturated rings. The summed E-state index contributed by atoms with van der Waals surface area (Å²) in [7, 11) is 5.60. The number of hydrogen-bond acceptors (Lipinski definition) is 4. The Hall–Kier alpha value is -1.43. The molecule has 0 bridgehead atoms. The SMILES string of the molecule is CNc1nc(NCC2(N(C)C)CCC2)c(F)cc1F. The number of nitrogens with one attached hydrogen (secondary N) is 2. The lowest BCUT2D eigenvalue weighted by molar-refractivity contribution is 0.0737. The summed E-state index contributed by atoms with van der Waals surface area (Å²) in [5.41, 5.74) is 0.0578. The summed E-state index contributed by atoms with van der Waals surface area (Å²) >= 11 is 0. The number of likely N-dealkylation sites (N-methyl/N-ethyl adjacent to an activating group) is 1. The van der Waals surface area contributed by atoms with Crippen molar-refractivity contribution < 1.29 is 8.78 Å². The van der Waals surface area contributed by atoms with Crippen molar-refractivity contribution in [1.29, 1.82) is 0 Å². The van der Waals surface area contributed by atoms with Crippen LogP contribution in [0.3, 0.4) is 0 Å². The molecule has 0 aromatic carbocycles. The first-order chi connectivity index (χ1) is 8.98. The topological polar surface area (TPSA) is 40.2 Å². The molecule has 106 valence electrons. The largest absolute Gasteiger partial charge is 0.371 e. The highest BCUT2D eigenvalue weighted by atomic mass is 19.1. The Morgan fingerprint density at radius 3 is 2.37 bits per heavy atom. The van der Waals surface area contributed by atoms with E-state index < -0.39 is 11.6 Å². The minimum Gasteiger partial charge on any atom is -0.371 e. The molecule has 0 amide bonds. The molecule has 4 nitrogen and oxygen atoms in total. The second kappa shape index (κ2) is 5.28. The van der Waals surface area contributed by atoms with Crippen molar-refractivity contribution in [3.05, 3.63) is 17.7 Å². The average Bonchev–Trinajstić information content (AvgIpc) is 2.29. The molecule has 0 radical (unpaired) electrons. The molecule has 2 rings (SSSR count). The van der Waals surface area contributed by atoms with Crippen LogP contribution < -0.4 is 10.6 Å². The van der Waals surface area contributed by atoms with Crippen molar-refractivity contribution >= 4 is 11.6 Å². The Kier molecular flexibility index (Phi) is 3.89. The number of aromatic nitrogens is 1. The van der Waals surface area contributed by atoms with Crippen LogP contribution in [0.15, 0.2) is 6.07 Å². The monoisotopic (exact) mass is 270 g/mol. The summed E-state index contributed by atoms with van der Waals surface area (Å²) in [5.74, 6) is -1.20. The van der Waals surface area contributed by atoms with Crippen molar-refractivity contribution in [2.45, 2.75) is 24.8 Å². The molecule has 1 saturated carbocycles. The van der Waals surface area contributed by atoms with Gasteiger partial charge in [0.05, 0.1) is 0 Å². The number of rotatable bonds is 5. The average molecular weight is 270 g/mol. The van der Waals surface area contributed by atoms with Crippen LogP contribution in [0.5, 0.6) is 0 Å². The van der Waals surface area contributed by atoms with Crippen LogP contribution in [0.2, 0.25) is 0 Å². The van der Waals surface area contributed by atoms with Crippen LogP contribution in [0.4, 0.5) is 20.4 Å². The summed E-state index contributed by atoms with van der Waals surface area (Å²) in [6.45, 7) is 0.610. The molecule has 1 heterocycles. The summed E-state index contributed by atoms with van der Waals surface area (Å²) in [6, 6.07) is 0.851. The predicted octanol–water partition coefficient (Wildman–Crippen LogP) is 2.30. The van der Waals surface area contributed by atoms with Gasteiger partial charge in [0.1, 0.15) is 0 Å². The molecule has 0 saturated heterocycles. The Labute approximate surface area is 112 Å². The van der Waals surface area contributed by atoms with Gasteiger partial charge in [-0.05, 0) is 33.4 Å². The first-order valence-corrected chi connectivity index (χ1v) is 6.43. The van der Waals surface area contributed by atoms with Gasteiger partial charge < -0.3 is 15.5 Å². The van der Waals surface area contributed by atoms with Crippen molar-refractivity contribution in [2.24, 2.45) is 0 Å². The quantitative estimate of drug-likeness (QED) is 0.861. The maximum absolute atomic E-state index is 13.7. The van der Waals surface area contributed by atoms with Crippen LogP contribution in [-0.4, -0.2) is 43.1 Å².